The monoisotopic (exact) mass is 612 g/mol. The van der Waals surface area contributed by atoms with Gasteiger partial charge in [-0.3, -0.25) is 0 Å². The SMILES string of the molecule is c1ccc(-n2c3ccccc3c3c4c(ccc32)c(-c2ccc(-c3cccc(-c5cn6ccccc6n5)c3)cc2)nc2ccccc24)cc1. The molecular formula is C44H28N4. The highest BCUT2D eigenvalue weighted by Gasteiger charge is 2.19. The van der Waals surface area contributed by atoms with Gasteiger partial charge in [0.1, 0.15) is 5.65 Å². The molecule has 4 nitrogen and oxygen atoms in total. The summed E-state index contributed by atoms with van der Waals surface area (Å²) >= 11 is 0. The summed E-state index contributed by atoms with van der Waals surface area (Å²) in [6.45, 7) is 0. The first kappa shape index (κ1) is 26.7. The first-order chi connectivity index (χ1) is 23.8. The van der Waals surface area contributed by atoms with Crippen LogP contribution in [0.25, 0.3) is 88.5 Å². The fourth-order valence-corrected chi connectivity index (χ4v) is 7.33. The van der Waals surface area contributed by atoms with Crippen LogP contribution in [-0.2, 0) is 0 Å². The number of benzene rings is 6. The Morgan fingerprint density at radius 1 is 0.438 bits per heavy atom. The van der Waals surface area contributed by atoms with Crippen LogP contribution in [0.5, 0.6) is 0 Å². The van der Waals surface area contributed by atoms with Crippen LogP contribution in [-0.4, -0.2) is 18.9 Å². The zero-order chi connectivity index (χ0) is 31.6. The fourth-order valence-electron chi connectivity index (χ4n) is 7.33. The Bertz CT molecular complexity index is 2790. The predicted molar refractivity (Wildman–Crippen MR) is 199 cm³/mol. The van der Waals surface area contributed by atoms with E-state index >= 15 is 0 Å². The Balaban J connectivity index is 1.15. The summed E-state index contributed by atoms with van der Waals surface area (Å²) in [4.78, 5) is 10.1. The Hall–Kier alpha value is -6.52. The van der Waals surface area contributed by atoms with Gasteiger partial charge in [0, 0.05) is 56.1 Å². The van der Waals surface area contributed by atoms with Crippen LogP contribution in [0, 0.1) is 0 Å². The second kappa shape index (κ2) is 10.5. The summed E-state index contributed by atoms with van der Waals surface area (Å²) in [7, 11) is 0. The molecule has 0 saturated carbocycles. The minimum Gasteiger partial charge on any atom is -0.309 e. The molecule has 0 bridgehead atoms. The highest BCUT2D eigenvalue weighted by Crippen LogP contribution is 2.42. The van der Waals surface area contributed by atoms with Gasteiger partial charge in [-0.05, 0) is 59.7 Å². The van der Waals surface area contributed by atoms with Gasteiger partial charge < -0.3 is 8.97 Å². The topological polar surface area (TPSA) is 35.1 Å². The van der Waals surface area contributed by atoms with Crippen molar-refractivity contribution in [3.8, 4) is 39.3 Å². The average Bonchev–Trinajstić information content (AvgIpc) is 3.75. The number of aromatic nitrogens is 4. The molecule has 48 heavy (non-hydrogen) atoms. The van der Waals surface area contributed by atoms with Crippen molar-refractivity contribution >= 4 is 49.1 Å². The van der Waals surface area contributed by atoms with Gasteiger partial charge in [-0.25, -0.2) is 9.97 Å². The highest BCUT2D eigenvalue weighted by molar-refractivity contribution is 6.29. The summed E-state index contributed by atoms with van der Waals surface area (Å²) in [5.41, 5.74) is 11.9. The van der Waals surface area contributed by atoms with Crippen molar-refractivity contribution in [3.05, 3.63) is 170 Å². The van der Waals surface area contributed by atoms with E-state index in [1.165, 1.54) is 27.2 Å². The van der Waals surface area contributed by atoms with Crippen molar-refractivity contribution in [1.29, 1.82) is 0 Å². The minimum absolute atomic E-state index is 0.944. The number of imidazole rings is 1. The molecule has 0 unspecified atom stereocenters. The average molecular weight is 613 g/mol. The van der Waals surface area contributed by atoms with Crippen LogP contribution < -0.4 is 0 Å². The normalized spacial score (nSPS) is 11.8. The molecule has 4 aromatic heterocycles. The molecule has 0 aliphatic heterocycles. The summed E-state index contributed by atoms with van der Waals surface area (Å²) in [5.74, 6) is 0. The molecule has 0 spiro atoms. The van der Waals surface area contributed by atoms with E-state index in [-0.39, 0.29) is 0 Å². The van der Waals surface area contributed by atoms with E-state index in [9.17, 15) is 0 Å². The molecular weight excluding hydrogens is 585 g/mol. The number of fused-ring (bicyclic) bond motifs is 8. The van der Waals surface area contributed by atoms with Gasteiger partial charge in [0.25, 0.3) is 0 Å². The van der Waals surface area contributed by atoms with E-state index in [0.29, 0.717) is 0 Å². The Morgan fingerprint density at radius 2 is 1.19 bits per heavy atom. The zero-order valence-electron chi connectivity index (χ0n) is 26.0. The standard InChI is InChI=1S/C44H28N4/c1-2-13-33(14-3-1)48-39-18-7-5-16-35(39)43-40(48)25-24-36-42(43)34-15-4-6-17-37(34)46-44(36)30-22-20-29(21-23-30)31-11-10-12-32(27-31)38-28-47-26-9-8-19-41(47)45-38/h1-28H. The van der Waals surface area contributed by atoms with E-state index in [2.05, 4.69) is 155 Å². The first-order valence-electron chi connectivity index (χ1n) is 16.3. The summed E-state index contributed by atoms with van der Waals surface area (Å²) in [6.07, 6.45) is 4.12. The smallest absolute Gasteiger partial charge is 0.137 e. The lowest BCUT2D eigenvalue weighted by atomic mass is 9.95. The van der Waals surface area contributed by atoms with E-state index in [1.54, 1.807) is 0 Å². The van der Waals surface area contributed by atoms with E-state index in [4.69, 9.17) is 9.97 Å². The highest BCUT2D eigenvalue weighted by atomic mass is 15.0. The van der Waals surface area contributed by atoms with Gasteiger partial charge in [0.05, 0.1) is 27.9 Å². The van der Waals surface area contributed by atoms with Gasteiger partial charge >= 0.3 is 0 Å². The number of nitrogens with zero attached hydrogens (tertiary/aromatic N) is 4. The molecule has 0 N–H and O–H groups in total. The van der Waals surface area contributed by atoms with Crippen molar-refractivity contribution in [1.82, 2.24) is 18.9 Å². The van der Waals surface area contributed by atoms with Crippen LogP contribution in [0.3, 0.4) is 0 Å². The number of rotatable bonds is 4. The summed E-state index contributed by atoms with van der Waals surface area (Å²) in [5, 5.41) is 6.05. The maximum Gasteiger partial charge on any atom is 0.137 e. The van der Waals surface area contributed by atoms with Gasteiger partial charge in [-0.15, -0.1) is 0 Å². The third kappa shape index (κ3) is 4.10. The van der Waals surface area contributed by atoms with Crippen LogP contribution in [0.4, 0.5) is 0 Å². The molecule has 0 amide bonds. The number of pyridine rings is 2. The van der Waals surface area contributed by atoms with Crippen molar-refractivity contribution in [2.45, 2.75) is 0 Å². The molecule has 0 saturated heterocycles. The Kier molecular flexibility index (Phi) is 5.84. The third-order valence-corrected chi connectivity index (χ3v) is 9.53. The lowest BCUT2D eigenvalue weighted by Gasteiger charge is -2.13. The number of hydrogen-bond acceptors (Lipinski definition) is 2. The van der Waals surface area contributed by atoms with E-state index in [1.807, 2.05) is 24.4 Å². The molecule has 0 atom stereocenters. The minimum atomic E-state index is 0.944. The predicted octanol–water partition coefficient (Wildman–Crippen LogP) is 11.1. The van der Waals surface area contributed by atoms with Crippen molar-refractivity contribution in [2.75, 3.05) is 0 Å². The third-order valence-electron chi connectivity index (χ3n) is 9.53. The van der Waals surface area contributed by atoms with Gasteiger partial charge in [-0.1, -0.05) is 109 Å². The van der Waals surface area contributed by atoms with E-state index < -0.39 is 0 Å². The lowest BCUT2D eigenvalue weighted by Crippen LogP contribution is -1.94. The van der Waals surface area contributed by atoms with Crippen molar-refractivity contribution in [2.24, 2.45) is 0 Å². The lowest BCUT2D eigenvalue weighted by molar-refractivity contribution is 1.18. The second-order valence-corrected chi connectivity index (χ2v) is 12.3. The number of hydrogen-bond donors (Lipinski definition) is 0. The Labute approximate surface area is 276 Å². The van der Waals surface area contributed by atoms with Crippen molar-refractivity contribution < 1.29 is 0 Å². The largest absolute Gasteiger partial charge is 0.309 e. The molecule has 0 aliphatic rings. The van der Waals surface area contributed by atoms with Crippen LogP contribution >= 0.6 is 0 Å². The molecule has 10 aromatic rings. The maximum atomic E-state index is 5.29. The van der Waals surface area contributed by atoms with Crippen LogP contribution in [0.1, 0.15) is 0 Å². The molecule has 6 aromatic carbocycles. The zero-order valence-corrected chi connectivity index (χ0v) is 26.0. The molecule has 10 rings (SSSR count). The van der Waals surface area contributed by atoms with Crippen LogP contribution in [0.15, 0.2) is 170 Å². The van der Waals surface area contributed by atoms with Gasteiger partial charge in [0.15, 0.2) is 0 Å². The molecule has 0 aliphatic carbocycles. The second-order valence-electron chi connectivity index (χ2n) is 12.3. The van der Waals surface area contributed by atoms with Crippen molar-refractivity contribution in [3.63, 3.8) is 0 Å². The number of para-hydroxylation sites is 3. The summed E-state index contributed by atoms with van der Waals surface area (Å²) in [6, 6.07) is 56.0. The maximum absolute atomic E-state index is 5.29. The molecule has 0 fully saturated rings. The van der Waals surface area contributed by atoms with Crippen LogP contribution in [0.2, 0.25) is 0 Å². The molecule has 4 heteroatoms. The quantitative estimate of drug-likeness (QED) is 0.185. The molecule has 4 heterocycles. The molecule has 0 radical (unpaired) electrons. The van der Waals surface area contributed by atoms with E-state index in [0.717, 1.165) is 61.3 Å². The first-order valence-corrected chi connectivity index (χ1v) is 16.3. The van der Waals surface area contributed by atoms with Gasteiger partial charge in [0.2, 0.25) is 0 Å². The Morgan fingerprint density at radius 3 is 2.06 bits per heavy atom. The summed E-state index contributed by atoms with van der Waals surface area (Å²) < 4.78 is 4.44. The van der Waals surface area contributed by atoms with Gasteiger partial charge in [-0.2, -0.15) is 0 Å². The molecule has 224 valence electrons. The fraction of sp³-hybridized carbons (Fsp3) is 0.